The third-order valence-corrected chi connectivity index (χ3v) is 3.30. The van der Waals surface area contributed by atoms with E-state index in [1.54, 1.807) is 11.0 Å². The standard InChI is InChI=1S/C12H10BrN5O/c13-10-4-2-1-3-9(10)12-16-11(19-17-12)5-6-18-8-14-7-15-18/h1-4,7-8H,5-6H2. The van der Waals surface area contributed by atoms with Gasteiger partial charge in [-0.2, -0.15) is 10.1 Å². The summed E-state index contributed by atoms with van der Waals surface area (Å²) >= 11 is 3.47. The van der Waals surface area contributed by atoms with Crippen LogP contribution in [0.1, 0.15) is 5.89 Å². The summed E-state index contributed by atoms with van der Waals surface area (Å²) in [5, 5.41) is 8.00. The minimum Gasteiger partial charge on any atom is -0.339 e. The lowest BCUT2D eigenvalue weighted by atomic mass is 10.2. The summed E-state index contributed by atoms with van der Waals surface area (Å²) in [4.78, 5) is 8.25. The van der Waals surface area contributed by atoms with Gasteiger partial charge in [0, 0.05) is 16.5 Å². The lowest BCUT2D eigenvalue weighted by molar-refractivity contribution is 0.369. The molecule has 7 heteroatoms. The Morgan fingerprint density at radius 3 is 2.95 bits per heavy atom. The van der Waals surface area contributed by atoms with Crippen LogP contribution in [-0.4, -0.2) is 24.9 Å². The van der Waals surface area contributed by atoms with E-state index in [1.807, 2.05) is 24.3 Å². The first kappa shape index (κ1) is 12.0. The quantitative estimate of drug-likeness (QED) is 0.738. The third-order valence-electron chi connectivity index (χ3n) is 2.60. The second kappa shape index (κ2) is 5.31. The van der Waals surface area contributed by atoms with Crippen LogP contribution in [0.15, 0.2) is 45.9 Å². The van der Waals surface area contributed by atoms with E-state index in [4.69, 9.17) is 4.52 Å². The molecular weight excluding hydrogens is 310 g/mol. The molecule has 0 N–H and O–H groups in total. The van der Waals surface area contributed by atoms with Gasteiger partial charge in [-0.1, -0.05) is 33.2 Å². The molecule has 96 valence electrons. The summed E-state index contributed by atoms with van der Waals surface area (Å²) in [6, 6.07) is 7.77. The number of rotatable bonds is 4. The molecule has 2 heterocycles. The number of halogens is 1. The zero-order valence-electron chi connectivity index (χ0n) is 9.90. The highest BCUT2D eigenvalue weighted by Gasteiger charge is 2.11. The Kier molecular flexibility index (Phi) is 3.37. The van der Waals surface area contributed by atoms with Gasteiger partial charge in [0.2, 0.25) is 11.7 Å². The van der Waals surface area contributed by atoms with E-state index >= 15 is 0 Å². The first-order valence-corrected chi connectivity index (χ1v) is 6.52. The topological polar surface area (TPSA) is 69.6 Å². The molecule has 0 amide bonds. The summed E-state index contributed by atoms with van der Waals surface area (Å²) in [6.07, 6.45) is 3.78. The van der Waals surface area contributed by atoms with Crippen molar-refractivity contribution in [3.8, 4) is 11.4 Å². The van der Waals surface area contributed by atoms with Crippen LogP contribution in [0, 0.1) is 0 Å². The molecular formula is C12H10BrN5O. The number of aromatic nitrogens is 5. The molecule has 0 bridgehead atoms. The van der Waals surface area contributed by atoms with Crippen molar-refractivity contribution in [1.82, 2.24) is 24.9 Å². The minimum absolute atomic E-state index is 0.584. The van der Waals surface area contributed by atoms with Crippen molar-refractivity contribution >= 4 is 15.9 Å². The lowest BCUT2D eigenvalue weighted by Gasteiger charge is -1.96. The Labute approximate surface area is 117 Å². The van der Waals surface area contributed by atoms with Crippen LogP contribution in [0.3, 0.4) is 0 Å². The first-order chi connectivity index (χ1) is 9.33. The molecule has 3 aromatic rings. The second-order valence-corrected chi connectivity index (χ2v) is 4.75. The lowest BCUT2D eigenvalue weighted by Crippen LogP contribution is -2.01. The van der Waals surface area contributed by atoms with Crippen LogP contribution < -0.4 is 0 Å². The molecule has 0 fully saturated rings. The van der Waals surface area contributed by atoms with Crippen molar-refractivity contribution in [1.29, 1.82) is 0 Å². The summed E-state index contributed by atoms with van der Waals surface area (Å²) < 4.78 is 7.90. The van der Waals surface area contributed by atoms with Crippen molar-refractivity contribution in [2.45, 2.75) is 13.0 Å². The molecule has 0 aliphatic rings. The average molecular weight is 320 g/mol. The highest BCUT2D eigenvalue weighted by molar-refractivity contribution is 9.10. The van der Waals surface area contributed by atoms with Gasteiger partial charge < -0.3 is 4.52 Å². The molecule has 0 saturated carbocycles. The Hall–Kier alpha value is -2.02. The summed E-state index contributed by atoms with van der Waals surface area (Å²) in [6.45, 7) is 0.664. The van der Waals surface area contributed by atoms with Crippen LogP contribution >= 0.6 is 15.9 Å². The molecule has 0 atom stereocenters. The maximum absolute atomic E-state index is 5.23. The van der Waals surface area contributed by atoms with Crippen molar-refractivity contribution in [2.75, 3.05) is 0 Å². The fraction of sp³-hybridized carbons (Fsp3) is 0.167. The predicted octanol–water partition coefficient (Wildman–Crippen LogP) is 2.33. The molecule has 0 aliphatic carbocycles. The van der Waals surface area contributed by atoms with Crippen LogP contribution in [0.4, 0.5) is 0 Å². The fourth-order valence-corrected chi connectivity index (χ4v) is 2.13. The van der Waals surface area contributed by atoms with Gasteiger partial charge in [-0.05, 0) is 12.1 Å². The van der Waals surface area contributed by atoms with E-state index in [2.05, 4.69) is 36.2 Å². The fourth-order valence-electron chi connectivity index (χ4n) is 1.67. The van der Waals surface area contributed by atoms with Gasteiger partial charge >= 0.3 is 0 Å². The Bertz CT molecular complexity index is 664. The van der Waals surface area contributed by atoms with E-state index in [0.717, 1.165) is 10.0 Å². The van der Waals surface area contributed by atoms with E-state index in [9.17, 15) is 0 Å². The molecule has 0 radical (unpaired) electrons. The molecule has 0 aliphatic heterocycles. The Morgan fingerprint density at radius 1 is 1.26 bits per heavy atom. The second-order valence-electron chi connectivity index (χ2n) is 3.90. The number of aryl methyl sites for hydroxylation is 2. The van der Waals surface area contributed by atoms with Crippen molar-refractivity contribution in [3.63, 3.8) is 0 Å². The summed E-state index contributed by atoms with van der Waals surface area (Å²) in [7, 11) is 0. The van der Waals surface area contributed by atoms with Gasteiger partial charge in [0.25, 0.3) is 0 Å². The maximum Gasteiger partial charge on any atom is 0.228 e. The van der Waals surface area contributed by atoms with Crippen LogP contribution in [0.25, 0.3) is 11.4 Å². The van der Waals surface area contributed by atoms with Gasteiger partial charge in [0.15, 0.2) is 0 Å². The molecule has 3 rings (SSSR count). The smallest absolute Gasteiger partial charge is 0.228 e. The monoisotopic (exact) mass is 319 g/mol. The molecule has 19 heavy (non-hydrogen) atoms. The number of hydrogen-bond acceptors (Lipinski definition) is 5. The van der Waals surface area contributed by atoms with Crippen molar-refractivity contribution in [2.24, 2.45) is 0 Å². The van der Waals surface area contributed by atoms with Gasteiger partial charge in [-0.3, -0.25) is 4.68 Å². The SMILES string of the molecule is Brc1ccccc1-c1noc(CCn2cncn2)n1. The van der Waals surface area contributed by atoms with Crippen LogP contribution in [0.2, 0.25) is 0 Å². The summed E-state index contributed by atoms with van der Waals surface area (Å²) in [5.41, 5.74) is 0.915. The van der Waals surface area contributed by atoms with E-state index in [0.29, 0.717) is 24.7 Å². The third kappa shape index (κ3) is 2.70. The first-order valence-electron chi connectivity index (χ1n) is 5.73. The van der Waals surface area contributed by atoms with Gasteiger partial charge in [-0.15, -0.1) is 0 Å². The Morgan fingerprint density at radius 2 is 2.16 bits per heavy atom. The number of hydrogen-bond donors (Lipinski definition) is 0. The molecule has 0 spiro atoms. The van der Waals surface area contributed by atoms with Gasteiger partial charge in [-0.25, -0.2) is 4.98 Å². The largest absolute Gasteiger partial charge is 0.339 e. The minimum atomic E-state index is 0.584. The Balaban J connectivity index is 1.75. The maximum atomic E-state index is 5.23. The molecule has 0 unspecified atom stereocenters. The van der Waals surface area contributed by atoms with Crippen LogP contribution in [-0.2, 0) is 13.0 Å². The van der Waals surface area contributed by atoms with E-state index < -0.39 is 0 Å². The summed E-state index contributed by atoms with van der Waals surface area (Å²) in [5.74, 6) is 1.17. The molecule has 1 aromatic carbocycles. The van der Waals surface area contributed by atoms with Crippen molar-refractivity contribution < 1.29 is 4.52 Å². The van der Waals surface area contributed by atoms with E-state index in [1.165, 1.54) is 6.33 Å². The van der Waals surface area contributed by atoms with Gasteiger partial charge in [0.05, 0.1) is 6.54 Å². The molecule has 2 aromatic heterocycles. The highest BCUT2D eigenvalue weighted by Crippen LogP contribution is 2.25. The highest BCUT2D eigenvalue weighted by atomic mass is 79.9. The van der Waals surface area contributed by atoms with Crippen LogP contribution in [0.5, 0.6) is 0 Å². The van der Waals surface area contributed by atoms with Gasteiger partial charge in [0.1, 0.15) is 12.7 Å². The number of benzene rings is 1. The zero-order valence-corrected chi connectivity index (χ0v) is 11.5. The zero-order chi connectivity index (χ0) is 13.1. The van der Waals surface area contributed by atoms with Crippen molar-refractivity contribution in [3.05, 3.63) is 47.3 Å². The average Bonchev–Trinajstić information content (AvgIpc) is 3.08. The predicted molar refractivity (Wildman–Crippen MR) is 71.2 cm³/mol. The normalized spacial score (nSPS) is 10.8. The molecule has 6 nitrogen and oxygen atoms in total. The molecule has 0 saturated heterocycles. The number of nitrogens with zero attached hydrogens (tertiary/aromatic N) is 5. The van der Waals surface area contributed by atoms with E-state index in [-0.39, 0.29) is 0 Å².